The second-order valence-electron chi connectivity index (χ2n) is 5.05. The minimum absolute atomic E-state index is 0.100. The summed E-state index contributed by atoms with van der Waals surface area (Å²) < 4.78 is 5.21. The van der Waals surface area contributed by atoms with Crippen LogP contribution < -0.4 is 0 Å². The molecule has 4 nitrogen and oxygen atoms in total. The molecule has 0 saturated heterocycles. The molecule has 0 bridgehead atoms. The molecular formula is C16H28O4. The van der Waals surface area contributed by atoms with Crippen LogP contribution in [-0.4, -0.2) is 23.1 Å². The SMILES string of the molecule is CCCCCCCCCC(CC)OC(=O)/C=C/C(=O)O. The number of ether oxygens (including phenoxy) is 1. The first kappa shape index (κ1) is 18.7. The van der Waals surface area contributed by atoms with Crippen molar-refractivity contribution in [3.63, 3.8) is 0 Å². The Balaban J connectivity index is 3.71. The Morgan fingerprint density at radius 3 is 2.15 bits per heavy atom. The van der Waals surface area contributed by atoms with Crippen LogP contribution in [-0.2, 0) is 14.3 Å². The molecule has 0 aliphatic heterocycles. The summed E-state index contributed by atoms with van der Waals surface area (Å²) in [5.74, 6) is -1.70. The van der Waals surface area contributed by atoms with Crippen LogP contribution in [0, 0.1) is 0 Å². The highest BCUT2D eigenvalue weighted by Crippen LogP contribution is 2.13. The van der Waals surface area contributed by atoms with E-state index in [2.05, 4.69) is 6.92 Å². The summed E-state index contributed by atoms with van der Waals surface area (Å²) in [7, 11) is 0. The molecule has 0 aromatic carbocycles. The Kier molecular flexibility index (Phi) is 11.9. The first-order valence-electron chi connectivity index (χ1n) is 7.71. The van der Waals surface area contributed by atoms with Crippen LogP contribution in [0.1, 0.15) is 71.6 Å². The lowest BCUT2D eigenvalue weighted by molar-refractivity contribution is -0.144. The van der Waals surface area contributed by atoms with E-state index in [1.54, 1.807) is 0 Å². The van der Waals surface area contributed by atoms with Crippen molar-refractivity contribution < 1.29 is 19.4 Å². The van der Waals surface area contributed by atoms with Crippen molar-refractivity contribution in [1.82, 2.24) is 0 Å². The van der Waals surface area contributed by atoms with E-state index in [9.17, 15) is 9.59 Å². The van der Waals surface area contributed by atoms with Crippen molar-refractivity contribution in [2.45, 2.75) is 77.7 Å². The van der Waals surface area contributed by atoms with Gasteiger partial charge >= 0.3 is 11.9 Å². The lowest BCUT2D eigenvalue weighted by atomic mass is 10.1. The van der Waals surface area contributed by atoms with E-state index in [1.165, 1.54) is 38.5 Å². The molecule has 0 aliphatic rings. The van der Waals surface area contributed by atoms with E-state index >= 15 is 0 Å². The Morgan fingerprint density at radius 1 is 1.00 bits per heavy atom. The summed E-state index contributed by atoms with van der Waals surface area (Å²) in [6, 6.07) is 0. The van der Waals surface area contributed by atoms with Crippen LogP contribution in [0.25, 0.3) is 0 Å². The molecule has 0 rings (SSSR count). The van der Waals surface area contributed by atoms with E-state index in [0.29, 0.717) is 0 Å². The summed E-state index contributed by atoms with van der Waals surface area (Å²) in [5.41, 5.74) is 0. The molecule has 0 heterocycles. The number of hydrogen-bond acceptors (Lipinski definition) is 3. The number of carboxylic acids is 1. The van der Waals surface area contributed by atoms with Gasteiger partial charge in [0.05, 0.1) is 0 Å². The van der Waals surface area contributed by atoms with Crippen molar-refractivity contribution in [2.75, 3.05) is 0 Å². The van der Waals surface area contributed by atoms with Gasteiger partial charge in [-0.1, -0.05) is 52.4 Å². The summed E-state index contributed by atoms with van der Waals surface area (Å²) in [6.45, 7) is 4.18. The number of carboxylic acid groups (broad SMARTS) is 1. The molecule has 0 aromatic rings. The van der Waals surface area contributed by atoms with Gasteiger partial charge in [-0.05, 0) is 19.3 Å². The van der Waals surface area contributed by atoms with Gasteiger partial charge < -0.3 is 9.84 Å². The molecule has 1 atom stereocenters. The van der Waals surface area contributed by atoms with Gasteiger partial charge in [-0.2, -0.15) is 0 Å². The van der Waals surface area contributed by atoms with Crippen LogP contribution in [0.2, 0.25) is 0 Å². The quantitative estimate of drug-likeness (QED) is 0.333. The number of carbonyl (C=O) groups excluding carboxylic acids is 1. The van der Waals surface area contributed by atoms with Gasteiger partial charge in [-0.25, -0.2) is 9.59 Å². The number of carbonyl (C=O) groups is 2. The van der Waals surface area contributed by atoms with Crippen molar-refractivity contribution in [3.8, 4) is 0 Å². The molecule has 0 aromatic heterocycles. The van der Waals surface area contributed by atoms with Gasteiger partial charge in [0.2, 0.25) is 0 Å². The number of rotatable bonds is 12. The third kappa shape index (κ3) is 11.8. The molecule has 1 unspecified atom stereocenters. The topological polar surface area (TPSA) is 63.6 Å². The van der Waals surface area contributed by atoms with E-state index in [-0.39, 0.29) is 6.10 Å². The van der Waals surface area contributed by atoms with E-state index in [4.69, 9.17) is 9.84 Å². The Morgan fingerprint density at radius 2 is 1.60 bits per heavy atom. The maximum Gasteiger partial charge on any atom is 0.331 e. The fourth-order valence-corrected chi connectivity index (χ4v) is 2.02. The Labute approximate surface area is 122 Å². The number of unbranched alkanes of at least 4 members (excludes halogenated alkanes) is 6. The predicted octanol–water partition coefficient (Wildman–Crippen LogP) is 4.09. The van der Waals surface area contributed by atoms with Crippen molar-refractivity contribution in [3.05, 3.63) is 12.2 Å². The molecule has 116 valence electrons. The second-order valence-corrected chi connectivity index (χ2v) is 5.05. The predicted molar refractivity (Wildman–Crippen MR) is 79.6 cm³/mol. The first-order valence-corrected chi connectivity index (χ1v) is 7.71. The van der Waals surface area contributed by atoms with Gasteiger partial charge in [0.1, 0.15) is 6.10 Å². The van der Waals surface area contributed by atoms with E-state index in [0.717, 1.165) is 31.4 Å². The lowest BCUT2D eigenvalue weighted by Gasteiger charge is -2.14. The van der Waals surface area contributed by atoms with Crippen LogP contribution in [0.4, 0.5) is 0 Å². The zero-order valence-corrected chi connectivity index (χ0v) is 12.8. The minimum atomic E-state index is -1.14. The monoisotopic (exact) mass is 284 g/mol. The van der Waals surface area contributed by atoms with Crippen molar-refractivity contribution in [1.29, 1.82) is 0 Å². The smallest absolute Gasteiger partial charge is 0.331 e. The highest BCUT2D eigenvalue weighted by molar-refractivity contribution is 5.90. The highest BCUT2D eigenvalue weighted by Gasteiger charge is 2.10. The van der Waals surface area contributed by atoms with Crippen molar-refractivity contribution >= 4 is 11.9 Å². The lowest BCUT2D eigenvalue weighted by Crippen LogP contribution is -2.16. The highest BCUT2D eigenvalue weighted by atomic mass is 16.5. The third-order valence-electron chi connectivity index (χ3n) is 3.23. The molecule has 0 radical (unpaired) electrons. The normalized spacial score (nSPS) is 12.5. The van der Waals surface area contributed by atoms with Crippen molar-refractivity contribution in [2.24, 2.45) is 0 Å². The first-order chi connectivity index (χ1) is 9.60. The maximum absolute atomic E-state index is 11.4. The van der Waals surface area contributed by atoms with Gasteiger partial charge in [0.25, 0.3) is 0 Å². The molecule has 1 N–H and O–H groups in total. The van der Waals surface area contributed by atoms with Gasteiger partial charge in [0.15, 0.2) is 0 Å². The molecule has 0 spiro atoms. The van der Waals surface area contributed by atoms with Gasteiger partial charge in [0, 0.05) is 12.2 Å². The number of esters is 1. The van der Waals surface area contributed by atoms with E-state index < -0.39 is 11.9 Å². The molecular weight excluding hydrogens is 256 g/mol. The summed E-state index contributed by atoms with van der Waals surface area (Å²) in [6.07, 6.45) is 11.9. The Hall–Kier alpha value is -1.32. The summed E-state index contributed by atoms with van der Waals surface area (Å²) in [5, 5.41) is 8.42. The van der Waals surface area contributed by atoms with Gasteiger partial charge in [-0.3, -0.25) is 0 Å². The van der Waals surface area contributed by atoms with Crippen LogP contribution in [0.15, 0.2) is 12.2 Å². The zero-order chi connectivity index (χ0) is 15.2. The molecule has 0 aliphatic carbocycles. The number of hydrogen-bond donors (Lipinski definition) is 1. The third-order valence-corrected chi connectivity index (χ3v) is 3.23. The summed E-state index contributed by atoms with van der Waals surface area (Å²) in [4.78, 5) is 21.6. The molecule has 4 heteroatoms. The molecule has 0 fully saturated rings. The maximum atomic E-state index is 11.4. The summed E-state index contributed by atoms with van der Waals surface area (Å²) >= 11 is 0. The van der Waals surface area contributed by atoms with Crippen LogP contribution in [0.3, 0.4) is 0 Å². The molecule has 0 saturated carbocycles. The molecule has 20 heavy (non-hydrogen) atoms. The average molecular weight is 284 g/mol. The van der Waals surface area contributed by atoms with Crippen LogP contribution in [0.5, 0.6) is 0 Å². The fourth-order valence-electron chi connectivity index (χ4n) is 2.02. The number of aliphatic carboxylic acids is 1. The zero-order valence-electron chi connectivity index (χ0n) is 12.8. The van der Waals surface area contributed by atoms with Gasteiger partial charge in [-0.15, -0.1) is 0 Å². The largest absolute Gasteiger partial charge is 0.478 e. The standard InChI is InChI=1S/C16H28O4/c1-3-5-6-7-8-9-10-11-14(4-2)20-16(19)13-12-15(17)18/h12-14H,3-11H2,1-2H3,(H,17,18)/b13-12+. The van der Waals surface area contributed by atoms with Crippen LogP contribution >= 0.6 is 0 Å². The second kappa shape index (κ2) is 12.7. The minimum Gasteiger partial charge on any atom is -0.478 e. The Bertz CT molecular complexity index is 297. The molecule has 0 amide bonds. The fraction of sp³-hybridized carbons (Fsp3) is 0.750. The van der Waals surface area contributed by atoms with E-state index in [1.807, 2.05) is 6.92 Å². The average Bonchev–Trinajstić information content (AvgIpc) is 2.42.